The van der Waals surface area contributed by atoms with Gasteiger partial charge >= 0.3 is 5.97 Å². The first-order valence-electron chi connectivity index (χ1n) is 8.86. The van der Waals surface area contributed by atoms with Crippen LogP contribution in [0, 0.1) is 0 Å². The number of rotatable bonds is 7. The van der Waals surface area contributed by atoms with Crippen molar-refractivity contribution in [1.82, 2.24) is 0 Å². The zero-order chi connectivity index (χ0) is 19.6. The summed E-state index contributed by atoms with van der Waals surface area (Å²) in [5, 5.41) is 10.4. The predicted molar refractivity (Wildman–Crippen MR) is 92.9 cm³/mol. The van der Waals surface area contributed by atoms with Gasteiger partial charge in [0.1, 0.15) is 36.8 Å². The van der Waals surface area contributed by atoms with Gasteiger partial charge in [-0.05, 0) is 31.5 Å². The highest BCUT2D eigenvalue weighted by molar-refractivity contribution is 5.65. The lowest BCUT2D eigenvalue weighted by atomic mass is 10.1. The molecule has 2 fully saturated rings. The second-order valence-electron chi connectivity index (χ2n) is 7.06. The molecular weight excluding hydrogens is 356 g/mol. The van der Waals surface area contributed by atoms with Crippen molar-refractivity contribution in [2.75, 3.05) is 13.7 Å². The van der Waals surface area contributed by atoms with Gasteiger partial charge in [-0.15, -0.1) is 0 Å². The summed E-state index contributed by atoms with van der Waals surface area (Å²) in [4.78, 5) is 11.0. The molecule has 0 aromatic heterocycles. The van der Waals surface area contributed by atoms with Gasteiger partial charge < -0.3 is 33.5 Å². The molecule has 2 saturated heterocycles. The largest absolute Gasteiger partial charge is 0.497 e. The number of esters is 1. The fraction of sp³-hybridized carbons (Fsp3) is 0.632. The van der Waals surface area contributed by atoms with Crippen LogP contribution in [0.3, 0.4) is 0 Å². The smallest absolute Gasteiger partial charge is 0.302 e. The number of hydrogen-bond acceptors (Lipinski definition) is 8. The van der Waals surface area contributed by atoms with Crippen LogP contribution >= 0.6 is 0 Å². The van der Waals surface area contributed by atoms with Crippen molar-refractivity contribution in [2.24, 2.45) is 0 Å². The second-order valence-corrected chi connectivity index (χ2v) is 7.06. The van der Waals surface area contributed by atoms with Gasteiger partial charge in [-0.1, -0.05) is 12.1 Å². The van der Waals surface area contributed by atoms with E-state index in [1.165, 1.54) is 6.92 Å². The third kappa shape index (κ3) is 4.77. The Bertz CT molecular complexity index is 644. The van der Waals surface area contributed by atoms with Crippen molar-refractivity contribution < 1.29 is 38.3 Å². The lowest BCUT2D eigenvalue weighted by Gasteiger charge is -2.28. The number of aliphatic hydroxyl groups is 1. The van der Waals surface area contributed by atoms with Crippen molar-refractivity contribution >= 4 is 5.97 Å². The average molecular weight is 382 g/mol. The van der Waals surface area contributed by atoms with E-state index < -0.39 is 42.5 Å². The molecule has 8 nitrogen and oxygen atoms in total. The Morgan fingerprint density at radius 3 is 2.59 bits per heavy atom. The van der Waals surface area contributed by atoms with Crippen LogP contribution in [0.5, 0.6) is 5.75 Å². The van der Waals surface area contributed by atoms with Gasteiger partial charge in [0, 0.05) is 6.92 Å². The average Bonchev–Trinajstić information content (AvgIpc) is 3.10. The maximum absolute atomic E-state index is 11.0. The van der Waals surface area contributed by atoms with Crippen LogP contribution in [0.25, 0.3) is 0 Å². The molecule has 27 heavy (non-hydrogen) atoms. The first-order chi connectivity index (χ1) is 12.8. The first kappa shape index (κ1) is 20.0. The standard InChI is InChI=1S/C19H26O8/c1-11(20)23-10-14(21)15-16(17-18(25-15)27-19(2,3)26-17)24-9-12-5-7-13(22-4)8-6-12/h5-8,14-18,21H,9-10H2,1-4H3/t14-,15-,16+,17-,18?/m1/s1. The molecule has 2 aliphatic rings. The molecule has 2 aliphatic heterocycles. The fourth-order valence-electron chi connectivity index (χ4n) is 3.22. The maximum Gasteiger partial charge on any atom is 0.302 e. The number of fused-ring (bicyclic) bond motifs is 1. The Morgan fingerprint density at radius 1 is 1.26 bits per heavy atom. The molecule has 0 saturated carbocycles. The van der Waals surface area contributed by atoms with E-state index in [9.17, 15) is 9.90 Å². The number of carbonyl (C=O) groups excluding carboxylic acids is 1. The normalized spacial score (nSPS) is 30.0. The molecule has 1 N–H and O–H groups in total. The van der Waals surface area contributed by atoms with Crippen molar-refractivity contribution in [1.29, 1.82) is 0 Å². The summed E-state index contributed by atoms with van der Waals surface area (Å²) >= 11 is 0. The van der Waals surface area contributed by atoms with E-state index in [4.69, 9.17) is 28.4 Å². The minimum atomic E-state index is -1.06. The van der Waals surface area contributed by atoms with Gasteiger partial charge in [0.05, 0.1) is 13.7 Å². The van der Waals surface area contributed by atoms with Crippen LogP contribution in [0.15, 0.2) is 24.3 Å². The lowest BCUT2D eigenvalue weighted by molar-refractivity contribution is -0.232. The fourth-order valence-corrected chi connectivity index (χ4v) is 3.22. The molecule has 0 bridgehead atoms. The highest BCUT2D eigenvalue weighted by Gasteiger charge is 2.57. The molecule has 8 heteroatoms. The molecule has 0 radical (unpaired) electrons. The summed E-state index contributed by atoms with van der Waals surface area (Å²) in [5.41, 5.74) is 0.936. The molecule has 0 amide bonds. The molecule has 0 spiro atoms. The number of methoxy groups -OCH3 is 1. The predicted octanol–water partition coefficient (Wildman–Crippen LogP) is 1.38. The Morgan fingerprint density at radius 2 is 1.96 bits per heavy atom. The summed E-state index contributed by atoms with van der Waals surface area (Å²) in [6, 6.07) is 7.48. The number of aliphatic hydroxyl groups excluding tert-OH is 1. The molecule has 1 unspecified atom stereocenters. The van der Waals surface area contributed by atoms with Gasteiger partial charge in [-0.25, -0.2) is 0 Å². The van der Waals surface area contributed by atoms with Gasteiger partial charge in [0.25, 0.3) is 0 Å². The minimum Gasteiger partial charge on any atom is -0.497 e. The molecule has 3 rings (SSSR count). The van der Waals surface area contributed by atoms with Crippen molar-refractivity contribution in [3.8, 4) is 5.75 Å². The molecule has 1 aromatic carbocycles. The highest BCUT2D eigenvalue weighted by Crippen LogP contribution is 2.40. The van der Waals surface area contributed by atoms with E-state index >= 15 is 0 Å². The van der Waals surface area contributed by atoms with Crippen LogP contribution in [0.1, 0.15) is 26.3 Å². The van der Waals surface area contributed by atoms with E-state index in [2.05, 4.69) is 0 Å². The van der Waals surface area contributed by atoms with Gasteiger partial charge in [0.15, 0.2) is 12.1 Å². The minimum absolute atomic E-state index is 0.189. The van der Waals surface area contributed by atoms with E-state index in [1.807, 2.05) is 24.3 Å². The van der Waals surface area contributed by atoms with Crippen molar-refractivity contribution in [3.05, 3.63) is 29.8 Å². The van der Waals surface area contributed by atoms with Crippen molar-refractivity contribution in [2.45, 2.75) is 63.9 Å². The van der Waals surface area contributed by atoms with Crippen LogP contribution < -0.4 is 4.74 Å². The number of carbonyl (C=O) groups is 1. The van der Waals surface area contributed by atoms with Crippen LogP contribution in [0.2, 0.25) is 0 Å². The Balaban J connectivity index is 1.68. The number of hydrogen-bond donors (Lipinski definition) is 1. The Kier molecular flexibility index (Phi) is 6.02. The van der Waals surface area contributed by atoms with E-state index in [1.54, 1.807) is 21.0 Å². The van der Waals surface area contributed by atoms with Crippen LogP contribution in [-0.4, -0.2) is 61.3 Å². The highest BCUT2D eigenvalue weighted by atomic mass is 16.8. The third-order valence-corrected chi connectivity index (χ3v) is 4.47. The lowest BCUT2D eigenvalue weighted by Crippen LogP contribution is -2.44. The molecule has 2 heterocycles. The Labute approximate surface area is 158 Å². The van der Waals surface area contributed by atoms with Gasteiger partial charge in [0.2, 0.25) is 0 Å². The van der Waals surface area contributed by atoms with E-state index in [-0.39, 0.29) is 6.61 Å². The van der Waals surface area contributed by atoms with E-state index in [0.717, 1.165) is 11.3 Å². The number of benzene rings is 1. The zero-order valence-electron chi connectivity index (χ0n) is 15.9. The molecule has 5 atom stereocenters. The summed E-state index contributed by atoms with van der Waals surface area (Å²) in [5.74, 6) is -0.522. The van der Waals surface area contributed by atoms with Crippen LogP contribution in [-0.2, 0) is 35.1 Å². The third-order valence-electron chi connectivity index (χ3n) is 4.47. The van der Waals surface area contributed by atoms with E-state index in [0.29, 0.717) is 6.61 Å². The summed E-state index contributed by atoms with van der Waals surface area (Å²) < 4.78 is 33.5. The van der Waals surface area contributed by atoms with Crippen molar-refractivity contribution in [3.63, 3.8) is 0 Å². The summed E-state index contributed by atoms with van der Waals surface area (Å²) in [7, 11) is 1.61. The SMILES string of the molecule is COc1ccc(CO[C@H]2[C@@H]([C@H](O)COC(C)=O)OC3OC(C)(C)O[C@@H]32)cc1. The summed E-state index contributed by atoms with van der Waals surface area (Å²) in [6.07, 6.45) is -3.53. The monoisotopic (exact) mass is 382 g/mol. The van der Waals surface area contributed by atoms with Gasteiger partial charge in [-0.3, -0.25) is 4.79 Å². The molecule has 150 valence electrons. The maximum atomic E-state index is 11.0. The quantitative estimate of drug-likeness (QED) is 0.707. The summed E-state index contributed by atoms with van der Waals surface area (Å²) in [6.45, 7) is 4.97. The Hall–Kier alpha value is -1.71. The zero-order valence-corrected chi connectivity index (χ0v) is 15.9. The molecule has 0 aliphatic carbocycles. The van der Waals surface area contributed by atoms with Crippen LogP contribution in [0.4, 0.5) is 0 Å². The van der Waals surface area contributed by atoms with Gasteiger partial charge in [-0.2, -0.15) is 0 Å². The molecule has 1 aromatic rings. The molecular formula is C19H26O8. The second kappa shape index (κ2) is 8.12. The first-order valence-corrected chi connectivity index (χ1v) is 8.86. The number of ether oxygens (including phenoxy) is 6. The topological polar surface area (TPSA) is 92.7 Å².